The standard InChI is InChI=1S/C13H14N2O6S/c1-20-12(16)7-22(18,19)15-11-6-8(13(17)21-2)5-10-9(11)3-4-14-10/h3-6,14-15H,7H2,1-2H3. The molecule has 22 heavy (non-hydrogen) atoms. The number of esters is 2. The second kappa shape index (κ2) is 6.06. The highest BCUT2D eigenvalue weighted by Gasteiger charge is 2.19. The van der Waals surface area contributed by atoms with Gasteiger partial charge in [0.1, 0.15) is 0 Å². The molecular weight excluding hydrogens is 312 g/mol. The largest absolute Gasteiger partial charge is 0.468 e. The summed E-state index contributed by atoms with van der Waals surface area (Å²) in [6.45, 7) is 0. The van der Waals surface area contributed by atoms with E-state index in [1.54, 1.807) is 18.3 Å². The molecule has 1 heterocycles. The van der Waals surface area contributed by atoms with Crippen molar-refractivity contribution in [2.75, 3.05) is 24.7 Å². The number of methoxy groups -OCH3 is 2. The number of carbonyl (C=O) groups is 2. The van der Waals surface area contributed by atoms with Crippen LogP contribution in [0.25, 0.3) is 10.9 Å². The molecule has 0 aliphatic rings. The van der Waals surface area contributed by atoms with Gasteiger partial charge < -0.3 is 14.5 Å². The number of ether oxygens (including phenoxy) is 2. The molecule has 0 spiro atoms. The zero-order chi connectivity index (χ0) is 16.3. The molecule has 0 amide bonds. The molecule has 0 atom stereocenters. The summed E-state index contributed by atoms with van der Waals surface area (Å²) in [5, 5.41) is 0.557. The zero-order valence-corrected chi connectivity index (χ0v) is 12.7. The lowest BCUT2D eigenvalue weighted by Gasteiger charge is -2.10. The third-order valence-electron chi connectivity index (χ3n) is 2.89. The van der Waals surface area contributed by atoms with E-state index in [0.717, 1.165) is 7.11 Å². The van der Waals surface area contributed by atoms with Crippen molar-refractivity contribution in [3.05, 3.63) is 30.0 Å². The smallest absolute Gasteiger partial charge is 0.337 e. The summed E-state index contributed by atoms with van der Waals surface area (Å²) in [4.78, 5) is 25.6. The first-order valence-corrected chi connectivity index (χ1v) is 7.78. The third-order valence-corrected chi connectivity index (χ3v) is 4.04. The SMILES string of the molecule is COC(=O)CS(=O)(=O)Nc1cc(C(=O)OC)cc2[nH]ccc12. The lowest BCUT2D eigenvalue weighted by molar-refractivity contribution is -0.137. The number of aromatic nitrogens is 1. The number of carbonyl (C=O) groups excluding carboxylic acids is 2. The topological polar surface area (TPSA) is 115 Å². The summed E-state index contributed by atoms with van der Waals surface area (Å²) >= 11 is 0. The van der Waals surface area contributed by atoms with E-state index >= 15 is 0 Å². The Kier molecular flexibility index (Phi) is 4.36. The van der Waals surface area contributed by atoms with Crippen LogP contribution in [0.1, 0.15) is 10.4 Å². The minimum Gasteiger partial charge on any atom is -0.468 e. The predicted molar refractivity (Wildman–Crippen MR) is 79.1 cm³/mol. The van der Waals surface area contributed by atoms with E-state index in [-0.39, 0.29) is 11.3 Å². The van der Waals surface area contributed by atoms with Gasteiger partial charge in [-0.05, 0) is 18.2 Å². The van der Waals surface area contributed by atoms with Gasteiger partial charge in [0.25, 0.3) is 0 Å². The van der Waals surface area contributed by atoms with Crippen molar-refractivity contribution >= 4 is 38.6 Å². The minimum absolute atomic E-state index is 0.169. The lowest BCUT2D eigenvalue weighted by Crippen LogP contribution is -2.23. The van der Waals surface area contributed by atoms with Gasteiger partial charge in [-0.15, -0.1) is 0 Å². The number of hydrogen-bond donors (Lipinski definition) is 2. The summed E-state index contributed by atoms with van der Waals surface area (Å²) in [5.41, 5.74) is 0.898. The summed E-state index contributed by atoms with van der Waals surface area (Å²) in [5.74, 6) is -2.32. The molecule has 0 bridgehead atoms. The van der Waals surface area contributed by atoms with Gasteiger partial charge in [0, 0.05) is 17.1 Å². The fraction of sp³-hybridized carbons (Fsp3) is 0.231. The first-order valence-electron chi connectivity index (χ1n) is 6.13. The van der Waals surface area contributed by atoms with E-state index < -0.39 is 27.7 Å². The number of rotatable bonds is 5. The van der Waals surface area contributed by atoms with Crippen molar-refractivity contribution in [1.82, 2.24) is 4.98 Å². The Morgan fingerprint density at radius 1 is 1.23 bits per heavy atom. The minimum atomic E-state index is -3.96. The number of sulfonamides is 1. The molecular formula is C13H14N2O6S. The van der Waals surface area contributed by atoms with Crippen molar-refractivity contribution in [1.29, 1.82) is 0 Å². The van der Waals surface area contributed by atoms with Crippen LogP contribution in [-0.4, -0.2) is 45.3 Å². The molecule has 1 aromatic carbocycles. The Morgan fingerprint density at radius 3 is 2.59 bits per heavy atom. The maximum Gasteiger partial charge on any atom is 0.337 e. The van der Waals surface area contributed by atoms with Crippen LogP contribution in [0.4, 0.5) is 5.69 Å². The van der Waals surface area contributed by atoms with Crippen LogP contribution in [0.2, 0.25) is 0 Å². The number of H-pyrrole nitrogens is 1. The van der Waals surface area contributed by atoms with E-state index in [4.69, 9.17) is 0 Å². The summed E-state index contributed by atoms with van der Waals surface area (Å²) < 4.78 is 35.1. The Balaban J connectivity index is 2.43. The van der Waals surface area contributed by atoms with Gasteiger partial charge in [0.15, 0.2) is 5.75 Å². The quantitative estimate of drug-likeness (QED) is 0.788. The van der Waals surface area contributed by atoms with E-state index in [2.05, 4.69) is 19.2 Å². The van der Waals surface area contributed by atoms with Crippen LogP contribution >= 0.6 is 0 Å². The molecule has 9 heteroatoms. The Bertz CT molecular complexity index is 824. The number of hydrogen-bond acceptors (Lipinski definition) is 6. The Labute approximate surface area is 126 Å². The van der Waals surface area contributed by atoms with Gasteiger partial charge in [0.2, 0.25) is 10.0 Å². The normalized spacial score (nSPS) is 11.2. The highest BCUT2D eigenvalue weighted by molar-refractivity contribution is 7.93. The molecule has 0 radical (unpaired) electrons. The fourth-order valence-electron chi connectivity index (χ4n) is 1.90. The van der Waals surface area contributed by atoms with Gasteiger partial charge in [0.05, 0.1) is 25.5 Å². The maximum atomic E-state index is 11.9. The average molecular weight is 326 g/mol. The third kappa shape index (κ3) is 3.37. The summed E-state index contributed by atoms with van der Waals surface area (Å²) in [6.07, 6.45) is 1.60. The fourth-order valence-corrected chi connectivity index (χ4v) is 2.91. The molecule has 2 rings (SSSR count). The zero-order valence-electron chi connectivity index (χ0n) is 11.9. The highest BCUT2D eigenvalue weighted by Crippen LogP contribution is 2.26. The Hall–Kier alpha value is -2.55. The van der Waals surface area contributed by atoms with Crippen LogP contribution in [0, 0.1) is 0 Å². The van der Waals surface area contributed by atoms with E-state index in [1.165, 1.54) is 13.2 Å². The molecule has 0 aliphatic carbocycles. The van der Waals surface area contributed by atoms with E-state index in [1.807, 2.05) is 0 Å². The maximum absolute atomic E-state index is 11.9. The van der Waals surface area contributed by atoms with Gasteiger partial charge in [-0.2, -0.15) is 0 Å². The number of nitrogens with one attached hydrogen (secondary N) is 2. The van der Waals surface area contributed by atoms with Crippen molar-refractivity contribution in [3.8, 4) is 0 Å². The number of benzene rings is 1. The van der Waals surface area contributed by atoms with E-state index in [9.17, 15) is 18.0 Å². The molecule has 8 nitrogen and oxygen atoms in total. The first-order chi connectivity index (χ1) is 10.4. The summed E-state index contributed by atoms with van der Waals surface area (Å²) in [7, 11) is -1.63. The molecule has 1 aromatic heterocycles. The summed E-state index contributed by atoms with van der Waals surface area (Å²) in [6, 6.07) is 4.53. The van der Waals surface area contributed by atoms with Crippen molar-refractivity contribution in [3.63, 3.8) is 0 Å². The average Bonchev–Trinajstić information content (AvgIpc) is 2.93. The van der Waals surface area contributed by atoms with Crippen molar-refractivity contribution < 1.29 is 27.5 Å². The Morgan fingerprint density at radius 2 is 1.95 bits per heavy atom. The van der Waals surface area contributed by atoms with Crippen LogP contribution < -0.4 is 4.72 Å². The molecule has 0 saturated carbocycles. The second-order valence-electron chi connectivity index (χ2n) is 4.39. The highest BCUT2D eigenvalue weighted by atomic mass is 32.2. The molecule has 2 N–H and O–H groups in total. The molecule has 0 aliphatic heterocycles. The monoisotopic (exact) mass is 326 g/mol. The first kappa shape index (κ1) is 15.8. The predicted octanol–water partition coefficient (Wildman–Crippen LogP) is 0.869. The van der Waals surface area contributed by atoms with Gasteiger partial charge in [-0.25, -0.2) is 13.2 Å². The van der Waals surface area contributed by atoms with Crippen molar-refractivity contribution in [2.24, 2.45) is 0 Å². The van der Waals surface area contributed by atoms with Gasteiger partial charge >= 0.3 is 11.9 Å². The van der Waals surface area contributed by atoms with Crippen LogP contribution in [-0.2, 0) is 24.3 Å². The van der Waals surface area contributed by atoms with Crippen LogP contribution in [0.15, 0.2) is 24.4 Å². The molecule has 2 aromatic rings. The van der Waals surface area contributed by atoms with Gasteiger partial charge in [-0.3, -0.25) is 9.52 Å². The van der Waals surface area contributed by atoms with Gasteiger partial charge in [-0.1, -0.05) is 0 Å². The number of anilines is 1. The molecule has 118 valence electrons. The molecule has 0 saturated heterocycles. The van der Waals surface area contributed by atoms with Crippen LogP contribution in [0.5, 0.6) is 0 Å². The second-order valence-corrected chi connectivity index (χ2v) is 6.11. The molecule has 0 unspecified atom stereocenters. The van der Waals surface area contributed by atoms with Crippen molar-refractivity contribution in [2.45, 2.75) is 0 Å². The number of fused-ring (bicyclic) bond motifs is 1. The van der Waals surface area contributed by atoms with Crippen LogP contribution in [0.3, 0.4) is 0 Å². The lowest BCUT2D eigenvalue weighted by atomic mass is 10.1. The number of aromatic amines is 1. The molecule has 0 fully saturated rings. The van der Waals surface area contributed by atoms with E-state index in [0.29, 0.717) is 10.9 Å².